The molecule has 0 spiro atoms. The molecule has 4 amide bonds. The molecule has 12 nitrogen and oxygen atoms in total. The molecule has 3 aliphatic rings. The number of carboxylic acids is 1. The Balaban J connectivity index is 1.20. The van der Waals surface area contributed by atoms with Crippen molar-refractivity contribution < 1.29 is 29.1 Å². The second-order valence-corrected chi connectivity index (χ2v) is 9.93. The van der Waals surface area contributed by atoms with Crippen LogP contribution < -0.4 is 10.6 Å². The average molecular weight is 523 g/mol. The molecule has 0 aliphatic carbocycles. The number of fused-ring (bicyclic) bond motifs is 1. The molecule has 200 valence electrons. The molecule has 0 saturated carbocycles. The summed E-state index contributed by atoms with van der Waals surface area (Å²) in [5.74, 6) is -2.89. The lowest BCUT2D eigenvalue weighted by Gasteiger charge is -2.31. The second-order valence-electron chi connectivity index (χ2n) is 9.93. The maximum Gasteiger partial charge on any atom is 0.303 e. The van der Waals surface area contributed by atoms with Crippen LogP contribution in [0.3, 0.4) is 0 Å². The quantitative estimate of drug-likeness (QED) is 0.415. The van der Waals surface area contributed by atoms with Crippen molar-refractivity contribution in [2.45, 2.75) is 57.2 Å². The number of carbonyl (C=O) groups is 5. The minimum atomic E-state index is -1.00. The number of hydrogen-bond donors (Lipinski definition) is 3. The fraction of sp³-hybridized carbons (Fsp3) is 0.462. The van der Waals surface area contributed by atoms with Gasteiger partial charge in [0.15, 0.2) is 0 Å². The molecule has 0 radical (unpaired) electrons. The minimum absolute atomic E-state index is 0.0721. The monoisotopic (exact) mass is 522 g/mol. The molecule has 0 bridgehead atoms. The number of nitrogens with one attached hydrogen (secondary N) is 2. The minimum Gasteiger partial charge on any atom is -0.481 e. The number of carboxylic acid groups (broad SMARTS) is 1. The molecule has 4 heterocycles. The lowest BCUT2D eigenvalue weighted by Crippen LogP contribution is -2.54. The lowest BCUT2D eigenvalue weighted by molar-refractivity contribution is -0.138. The molecule has 3 aliphatic heterocycles. The van der Waals surface area contributed by atoms with Gasteiger partial charge in [0.2, 0.25) is 11.8 Å². The summed E-state index contributed by atoms with van der Waals surface area (Å²) in [6.07, 6.45) is 6.64. The molecule has 38 heavy (non-hydrogen) atoms. The molecule has 2 aromatic rings. The van der Waals surface area contributed by atoms with Gasteiger partial charge in [-0.1, -0.05) is 6.07 Å². The van der Waals surface area contributed by atoms with E-state index in [1.165, 1.54) is 0 Å². The molecule has 3 N–H and O–H groups in total. The van der Waals surface area contributed by atoms with Crippen LogP contribution in [0, 0.1) is 0 Å². The van der Waals surface area contributed by atoms with E-state index in [-0.39, 0.29) is 36.4 Å². The molecule has 12 heteroatoms. The zero-order valence-corrected chi connectivity index (χ0v) is 20.9. The van der Waals surface area contributed by atoms with Crippen LogP contribution in [-0.4, -0.2) is 80.0 Å². The Bertz CT molecular complexity index is 1280. The number of nitrogens with zero attached hydrogens (tertiary/aromatic N) is 4. The number of amides is 4. The first-order valence-corrected chi connectivity index (χ1v) is 12.9. The Morgan fingerprint density at radius 1 is 1.11 bits per heavy atom. The third kappa shape index (κ3) is 5.17. The van der Waals surface area contributed by atoms with Crippen LogP contribution in [0.5, 0.6) is 0 Å². The first-order valence-electron chi connectivity index (χ1n) is 12.9. The van der Waals surface area contributed by atoms with Crippen LogP contribution in [0.2, 0.25) is 0 Å². The number of aromatic nitrogens is 2. The highest BCUT2D eigenvalue weighted by atomic mass is 16.4. The van der Waals surface area contributed by atoms with Crippen LogP contribution in [0.1, 0.15) is 70.8 Å². The van der Waals surface area contributed by atoms with Crippen LogP contribution in [-0.2, 0) is 20.9 Å². The summed E-state index contributed by atoms with van der Waals surface area (Å²) in [5.41, 5.74) is 1.88. The highest BCUT2D eigenvalue weighted by molar-refractivity contribution is 6.25. The lowest BCUT2D eigenvalue weighted by atomic mass is 10.0. The fourth-order valence-electron chi connectivity index (χ4n) is 5.39. The number of benzene rings is 1. The van der Waals surface area contributed by atoms with Crippen LogP contribution >= 0.6 is 0 Å². The Labute approximate surface area is 219 Å². The van der Waals surface area contributed by atoms with E-state index >= 15 is 0 Å². The second kappa shape index (κ2) is 10.7. The molecule has 2 saturated heterocycles. The summed E-state index contributed by atoms with van der Waals surface area (Å²) in [4.78, 5) is 64.1. The van der Waals surface area contributed by atoms with Crippen molar-refractivity contribution in [2.24, 2.45) is 0 Å². The van der Waals surface area contributed by atoms with Gasteiger partial charge in [0.05, 0.1) is 23.4 Å². The summed E-state index contributed by atoms with van der Waals surface area (Å²) in [5, 5.41) is 18.8. The predicted octanol–water partition coefficient (Wildman–Crippen LogP) is 1.40. The van der Waals surface area contributed by atoms with Gasteiger partial charge in [0.25, 0.3) is 11.8 Å². The van der Waals surface area contributed by atoms with Gasteiger partial charge in [0, 0.05) is 49.9 Å². The molecule has 1 atom stereocenters. The number of likely N-dealkylation sites (tertiary alicyclic amines) is 1. The Morgan fingerprint density at radius 3 is 2.63 bits per heavy atom. The van der Waals surface area contributed by atoms with Crippen LogP contribution in [0.4, 0.5) is 5.69 Å². The van der Waals surface area contributed by atoms with E-state index in [1.807, 2.05) is 10.9 Å². The van der Waals surface area contributed by atoms with Crippen LogP contribution in [0.25, 0.3) is 0 Å². The normalized spacial score (nSPS) is 20.5. The number of rotatable bonds is 9. The average Bonchev–Trinajstić information content (AvgIpc) is 3.46. The fourth-order valence-corrected chi connectivity index (χ4v) is 5.39. The third-order valence-electron chi connectivity index (χ3n) is 7.40. The zero-order valence-electron chi connectivity index (χ0n) is 20.9. The van der Waals surface area contributed by atoms with Gasteiger partial charge in [-0.3, -0.25) is 38.9 Å². The number of piperidine rings is 2. The largest absolute Gasteiger partial charge is 0.481 e. The molecule has 5 rings (SSSR count). The number of imide groups is 2. The molecule has 2 fully saturated rings. The van der Waals surface area contributed by atoms with Crippen molar-refractivity contribution in [2.75, 3.05) is 25.0 Å². The van der Waals surface area contributed by atoms with Gasteiger partial charge in [-0.25, -0.2) is 0 Å². The van der Waals surface area contributed by atoms with E-state index in [0.717, 1.165) is 42.9 Å². The maximum absolute atomic E-state index is 13.3. The van der Waals surface area contributed by atoms with Crippen molar-refractivity contribution in [1.82, 2.24) is 24.9 Å². The molecular formula is C26H30N6O6. The highest BCUT2D eigenvalue weighted by Gasteiger charge is 2.45. The van der Waals surface area contributed by atoms with Gasteiger partial charge in [-0.05, 0) is 44.4 Å². The molecular weight excluding hydrogens is 492 g/mol. The zero-order chi connectivity index (χ0) is 26.8. The molecule has 1 aromatic heterocycles. The SMILES string of the molecule is O=C(O)CCCN1CCC(n2cc(CNc3cccc4c3C(=O)N(C3CCC(=O)NC3=O)C4=O)cn2)CC1. The predicted molar refractivity (Wildman–Crippen MR) is 134 cm³/mol. The Hall–Kier alpha value is -4.06. The number of carbonyl (C=O) groups excluding carboxylic acids is 4. The third-order valence-corrected chi connectivity index (χ3v) is 7.40. The van der Waals surface area contributed by atoms with E-state index in [0.29, 0.717) is 18.7 Å². The Morgan fingerprint density at radius 2 is 1.89 bits per heavy atom. The standard InChI is InChI=1S/C26H30N6O6/c33-21-7-6-20(24(36)29-21)32-25(37)18-3-1-4-19(23(18)26(32)38)27-13-16-14-28-31(15-16)17-8-11-30(12-9-17)10-2-5-22(34)35/h1,3-4,14-15,17,20,27H,2,5-13H2,(H,34,35)(H,29,33,36). The summed E-state index contributed by atoms with van der Waals surface area (Å²) in [6.45, 7) is 2.97. The maximum atomic E-state index is 13.3. The summed E-state index contributed by atoms with van der Waals surface area (Å²) in [6, 6.07) is 4.24. The summed E-state index contributed by atoms with van der Waals surface area (Å²) in [7, 11) is 0. The highest BCUT2D eigenvalue weighted by Crippen LogP contribution is 2.32. The first-order chi connectivity index (χ1) is 18.3. The summed E-state index contributed by atoms with van der Waals surface area (Å²) < 4.78 is 1.96. The molecule has 1 unspecified atom stereocenters. The van der Waals surface area contributed by atoms with E-state index in [1.54, 1.807) is 24.4 Å². The van der Waals surface area contributed by atoms with E-state index < -0.39 is 35.6 Å². The van der Waals surface area contributed by atoms with E-state index in [2.05, 4.69) is 20.6 Å². The van der Waals surface area contributed by atoms with Crippen molar-refractivity contribution in [3.63, 3.8) is 0 Å². The Kier molecular flexibility index (Phi) is 7.23. The van der Waals surface area contributed by atoms with Gasteiger partial charge >= 0.3 is 5.97 Å². The van der Waals surface area contributed by atoms with Gasteiger partial charge in [-0.15, -0.1) is 0 Å². The molecule has 1 aromatic carbocycles. The smallest absolute Gasteiger partial charge is 0.303 e. The van der Waals surface area contributed by atoms with Gasteiger partial charge < -0.3 is 15.3 Å². The van der Waals surface area contributed by atoms with Crippen molar-refractivity contribution in [3.8, 4) is 0 Å². The van der Waals surface area contributed by atoms with Crippen molar-refractivity contribution >= 4 is 35.3 Å². The topological polar surface area (TPSA) is 154 Å². The summed E-state index contributed by atoms with van der Waals surface area (Å²) >= 11 is 0. The first kappa shape index (κ1) is 25.6. The van der Waals surface area contributed by atoms with Gasteiger partial charge in [0.1, 0.15) is 6.04 Å². The van der Waals surface area contributed by atoms with Gasteiger partial charge in [-0.2, -0.15) is 5.10 Å². The van der Waals surface area contributed by atoms with Crippen molar-refractivity contribution in [1.29, 1.82) is 0 Å². The number of aliphatic carboxylic acids is 1. The van der Waals surface area contributed by atoms with Crippen molar-refractivity contribution in [3.05, 3.63) is 47.3 Å². The van der Waals surface area contributed by atoms with Crippen LogP contribution in [0.15, 0.2) is 30.6 Å². The van der Waals surface area contributed by atoms with E-state index in [9.17, 15) is 24.0 Å². The number of anilines is 1. The number of hydrogen-bond acceptors (Lipinski definition) is 8. The van der Waals surface area contributed by atoms with E-state index in [4.69, 9.17) is 5.11 Å².